The van der Waals surface area contributed by atoms with Crippen molar-refractivity contribution in [2.45, 2.75) is 18.4 Å². The quantitative estimate of drug-likeness (QED) is 0.683. The first kappa shape index (κ1) is 20.0. The number of ether oxygens (including phenoxy) is 1. The molecule has 0 saturated heterocycles. The Morgan fingerprint density at radius 3 is 2.71 bits per heavy atom. The Kier molecular flexibility index (Phi) is 5.53. The summed E-state index contributed by atoms with van der Waals surface area (Å²) in [7, 11) is -1.85. The molecule has 0 unspecified atom stereocenters. The summed E-state index contributed by atoms with van der Waals surface area (Å²) in [4.78, 5) is 4.75. The number of nitrogens with zero attached hydrogens (tertiary/aromatic N) is 2. The molecule has 0 spiro atoms. The number of rotatable bonds is 6. The van der Waals surface area contributed by atoms with Gasteiger partial charge in [-0.2, -0.15) is 0 Å². The summed E-state index contributed by atoms with van der Waals surface area (Å²) in [6.45, 7) is 1.98. The molecule has 0 aliphatic carbocycles. The molecule has 2 N–H and O–H groups in total. The lowest BCUT2D eigenvalue weighted by molar-refractivity contribution is 0.399. The molecule has 28 heavy (non-hydrogen) atoms. The van der Waals surface area contributed by atoms with Gasteiger partial charge in [0.1, 0.15) is 11.3 Å². The number of benzene rings is 1. The summed E-state index contributed by atoms with van der Waals surface area (Å²) >= 11 is 0. The van der Waals surface area contributed by atoms with Crippen molar-refractivity contribution >= 4 is 20.9 Å². The van der Waals surface area contributed by atoms with Crippen molar-refractivity contribution in [1.29, 1.82) is 0 Å². The average molecular weight is 403 g/mol. The summed E-state index contributed by atoms with van der Waals surface area (Å²) in [5.41, 5.74) is 8.94. The van der Waals surface area contributed by atoms with Crippen LogP contribution in [0.2, 0.25) is 0 Å². The first-order valence-electron chi connectivity index (χ1n) is 8.65. The minimum absolute atomic E-state index is 0.0132. The van der Waals surface area contributed by atoms with Crippen molar-refractivity contribution in [3.8, 4) is 17.0 Å². The maximum Gasteiger partial charge on any atom is 0.213 e. The average Bonchev–Trinajstić information content (AvgIpc) is 2.92. The number of methoxy groups -OCH3 is 1. The fourth-order valence-corrected chi connectivity index (χ4v) is 3.88. The molecule has 0 amide bonds. The molecular weight excluding hydrogens is 381 g/mol. The van der Waals surface area contributed by atoms with E-state index in [4.69, 9.17) is 10.5 Å². The van der Waals surface area contributed by atoms with Gasteiger partial charge in [0.05, 0.1) is 24.1 Å². The maximum atomic E-state index is 14.2. The topological polar surface area (TPSA) is 87.2 Å². The van der Waals surface area contributed by atoms with Crippen LogP contribution >= 0.6 is 0 Å². The van der Waals surface area contributed by atoms with Crippen LogP contribution in [0.1, 0.15) is 5.69 Å². The number of allylic oxidation sites excluding steroid dienone is 1. The zero-order chi connectivity index (χ0) is 20.5. The van der Waals surface area contributed by atoms with Gasteiger partial charge in [0.2, 0.25) is 5.88 Å². The number of pyridine rings is 1. The fourth-order valence-electron chi connectivity index (χ4n) is 3.21. The van der Waals surface area contributed by atoms with Crippen molar-refractivity contribution in [2.24, 2.45) is 5.73 Å². The van der Waals surface area contributed by atoms with E-state index in [1.165, 1.54) is 13.2 Å². The summed E-state index contributed by atoms with van der Waals surface area (Å²) in [5, 5.41) is 0. The van der Waals surface area contributed by atoms with E-state index in [2.05, 4.69) is 4.98 Å². The van der Waals surface area contributed by atoms with Crippen LogP contribution in [0.15, 0.2) is 53.2 Å². The van der Waals surface area contributed by atoms with Crippen LogP contribution in [0.5, 0.6) is 5.88 Å². The Morgan fingerprint density at radius 2 is 2.07 bits per heavy atom. The van der Waals surface area contributed by atoms with E-state index < -0.39 is 9.84 Å². The van der Waals surface area contributed by atoms with Crippen LogP contribution < -0.4 is 10.5 Å². The number of sulfone groups is 1. The van der Waals surface area contributed by atoms with Crippen LogP contribution in [0.4, 0.5) is 4.39 Å². The van der Waals surface area contributed by atoms with E-state index in [1.54, 1.807) is 28.8 Å². The maximum absolute atomic E-state index is 14.2. The molecule has 6 nitrogen and oxygen atoms in total. The molecule has 8 heteroatoms. The Labute approximate surface area is 163 Å². The van der Waals surface area contributed by atoms with E-state index in [1.807, 2.05) is 19.1 Å². The van der Waals surface area contributed by atoms with Gasteiger partial charge in [-0.25, -0.2) is 17.8 Å². The van der Waals surface area contributed by atoms with Crippen LogP contribution in [0.25, 0.3) is 22.2 Å². The van der Waals surface area contributed by atoms with Crippen LogP contribution in [-0.2, 0) is 16.4 Å². The molecule has 0 radical (unpaired) electrons. The Bertz CT molecular complexity index is 1170. The van der Waals surface area contributed by atoms with Gasteiger partial charge >= 0.3 is 0 Å². The standard InChI is InChI=1S/C20H22FN3O3S/c1-13-19(14-5-4-6-16(11-14)28(3,25)26)20-17(7-8-18(23-20)27-2)24(13)12-15(21)9-10-22/h4-9,11H,10,12,22H2,1-3H3/b15-9-. The van der Waals surface area contributed by atoms with Gasteiger partial charge in [-0.05, 0) is 36.8 Å². The third-order valence-electron chi connectivity index (χ3n) is 4.55. The molecule has 3 aromatic rings. The second kappa shape index (κ2) is 7.73. The van der Waals surface area contributed by atoms with Gasteiger partial charge in [-0.3, -0.25) is 0 Å². The summed E-state index contributed by atoms with van der Waals surface area (Å²) < 4.78 is 45.2. The fraction of sp³-hybridized carbons (Fsp3) is 0.250. The molecule has 1 aromatic carbocycles. The van der Waals surface area contributed by atoms with Gasteiger partial charge in [0, 0.05) is 30.1 Å². The van der Waals surface area contributed by atoms with Crippen molar-refractivity contribution in [3.63, 3.8) is 0 Å². The SMILES string of the molecule is COc1ccc2c(n1)c(-c1cccc(S(C)(=O)=O)c1)c(C)n2C/C(F)=C/CN. The van der Waals surface area contributed by atoms with E-state index in [0.717, 1.165) is 23.0 Å². The van der Waals surface area contributed by atoms with Gasteiger partial charge in [-0.1, -0.05) is 12.1 Å². The number of hydrogen-bond acceptors (Lipinski definition) is 5. The van der Waals surface area contributed by atoms with Crippen molar-refractivity contribution in [2.75, 3.05) is 19.9 Å². The first-order valence-corrected chi connectivity index (χ1v) is 10.5. The predicted octanol–water partition coefficient (Wildman–Crippen LogP) is 3.24. The van der Waals surface area contributed by atoms with Crippen LogP contribution in [-0.4, -0.2) is 37.9 Å². The third kappa shape index (κ3) is 3.79. The Hall–Kier alpha value is -2.71. The number of aromatic nitrogens is 2. The minimum Gasteiger partial charge on any atom is -0.481 e. The molecule has 0 fully saturated rings. The molecule has 2 aromatic heterocycles. The lowest BCUT2D eigenvalue weighted by Crippen LogP contribution is -2.03. The minimum atomic E-state index is -3.37. The molecule has 3 rings (SSSR count). The zero-order valence-electron chi connectivity index (χ0n) is 15.9. The Balaban J connectivity index is 2.30. The molecule has 148 valence electrons. The smallest absolute Gasteiger partial charge is 0.213 e. The third-order valence-corrected chi connectivity index (χ3v) is 5.66. The largest absolute Gasteiger partial charge is 0.481 e. The molecule has 0 aliphatic rings. The normalized spacial score (nSPS) is 12.5. The summed E-state index contributed by atoms with van der Waals surface area (Å²) in [6.07, 6.45) is 2.49. The second-order valence-electron chi connectivity index (χ2n) is 6.45. The van der Waals surface area contributed by atoms with Crippen molar-refractivity contribution in [1.82, 2.24) is 9.55 Å². The summed E-state index contributed by atoms with van der Waals surface area (Å²) in [5.74, 6) is 0.0675. The molecular formula is C20H22FN3O3S. The zero-order valence-corrected chi connectivity index (χ0v) is 16.8. The molecule has 0 saturated carbocycles. The highest BCUT2D eigenvalue weighted by Gasteiger charge is 2.20. The highest BCUT2D eigenvalue weighted by molar-refractivity contribution is 7.90. The van der Waals surface area contributed by atoms with Crippen LogP contribution in [0, 0.1) is 6.92 Å². The van der Waals surface area contributed by atoms with E-state index in [9.17, 15) is 12.8 Å². The van der Waals surface area contributed by atoms with Crippen molar-refractivity contribution < 1.29 is 17.5 Å². The first-order chi connectivity index (χ1) is 13.3. The van der Waals surface area contributed by atoms with Crippen LogP contribution in [0.3, 0.4) is 0 Å². The number of hydrogen-bond donors (Lipinski definition) is 1. The highest BCUT2D eigenvalue weighted by Crippen LogP contribution is 2.36. The van der Waals surface area contributed by atoms with Gasteiger partial charge < -0.3 is 15.0 Å². The number of nitrogens with two attached hydrogens (primary N) is 1. The van der Waals surface area contributed by atoms with E-state index >= 15 is 0 Å². The monoisotopic (exact) mass is 403 g/mol. The lowest BCUT2D eigenvalue weighted by Gasteiger charge is -2.08. The molecule has 0 bridgehead atoms. The lowest BCUT2D eigenvalue weighted by atomic mass is 10.1. The van der Waals surface area contributed by atoms with E-state index in [-0.39, 0.29) is 23.8 Å². The molecule has 2 heterocycles. The number of fused-ring (bicyclic) bond motifs is 1. The van der Waals surface area contributed by atoms with Gasteiger partial charge in [0.15, 0.2) is 9.84 Å². The number of halogens is 1. The highest BCUT2D eigenvalue weighted by atomic mass is 32.2. The molecule has 0 atom stereocenters. The second-order valence-corrected chi connectivity index (χ2v) is 8.47. The predicted molar refractivity (Wildman–Crippen MR) is 108 cm³/mol. The summed E-state index contributed by atoms with van der Waals surface area (Å²) in [6, 6.07) is 10.2. The van der Waals surface area contributed by atoms with Gasteiger partial charge in [0.25, 0.3) is 0 Å². The van der Waals surface area contributed by atoms with Crippen molar-refractivity contribution in [3.05, 3.63) is 54.0 Å². The Morgan fingerprint density at radius 1 is 1.32 bits per heavy atom. The van der Waals surface area contributed by atoms with Gasteiger partial charge in [-0.15, -0.1) is 0 Å². The molecule has 0 aliphatic heterocycles. The van der Waals surface area contributed by atoms with E-state index in [0.29, 0.717) is 17.0 Å².